The molecule has 2 heterocycles. The maximum Gasteiger partial charge on any atom is 0.328 e. The van der Waals surface area contributed by atoms with E-state index in [0.717, 1.165) is 15.6 Å². The third-order valence-electron chi connectivity index (χ3n) is 3.21. The third-order valence-corrected chi connectivity index (χ3v) is 3.64. The smallest absolute Gasteiger partial charge is 0.290 e. The highest BCUT2D eigenvalue weighted by Crippen LogP contribution is 2.22. The third kappa shape index (κ3) is 2.10. The molecule has 5 heteroatoms. The molecule has 1 N–H and O–H groups in total. The summed E-state index contributed by atoms with van der Waals surface area (Å²) in [6.45, 7) is 2.00. The lowest BCUT2D eigenvalue weighted by molar-refractivity contribution is 0.635. The molecule has 4 nitrogen and oxygen atoms in total. The molecule has 0 aliphatic rings. The van der Waals surface area contributed by atoms with Gasteiger partial charge in [0, 0.05) is 10.7 Å². The van der Waals surface area contributed by atoms with Crippen LogP contribution in [0.2, 0.25) is 0 Å². The number of aromatic amines is 1. The first-order chi connectivity index (χ1) is 9.16. The van der Waals surface area contributed by atoms with Gasteiger partial charge in [0.2, 0.25) is 0 Å². The van der Waals surface area contributed by atoms with Gasteiger partial charge in [0.25, 0.3) is 0 Å². The molecule has 19 heavy (non-hydrogen) atoms. The Kier molecular flexibility index (Phi) is 2.98. The van der Waals surface area contributed by atoms with Crippen molar-refractivity contribution < 1.29 is 0 Å². The fourth-order valence-corrected chi connectivity index (χ4v) is 2.56. The number of hydrogen-bond donors (Lipinski definition) is 1. The Balaban J connectivity index is 2.22. The lowest BCUT2D eigenvalue weighted by atomic mass is 10.1. The molecule has 2 aromatic heterocycles. The van der Waals surface area contributed by atoms with Crippen molar-refractivity contribution in [1.29, 1.82) is 0 Å². The van der Waals surface area contributed by atoms with E-state index >= 15 is 0 Å². The summed E-state index contributed by atoms with van der Waals surface area (Å²) in [6, 6.07) is 11.8. The lowest BCUT2D eigenvalue weighted by Crippen LogP contribution is -2.21. The molecule has 0 fully saturated rings. The van der Waals surface area contributed by atoms with Crippen molar-refractivity contribution in [2.75, 3.05) is 0 Å². The highest BCUT2D eigenvalue weighted by Gasteiger charge is 2.15. The normalized spacial score (nSPS) is 12.7. The summed E-state index contributed by atoms with van der Waals surface area (Å²) in [5.41, 5.74) is 2.36. The second-order valence-corrected chi connectivity index (χ2v) is 5.32. The first kappa shape index (κ1) is 12.2. The number of aromatic nitrogens is 3. The Morgan fingerprint density at radius 3 is 2.79 bits per heavy atom. The Hall–Kier alpha value is -1.88. The average molecular weight is 318 g/mol. The maximum absolute atomic E-state index is 12.1. The van der Waals surface area contributed by atoms with Crippen LogP contribution in [0.5, 0.6) is 0 Å². The molecule has 3 aromatic rings. The Morgan fingerprint density at radius 2 is 2.05 bits per heavy atom. The molecule has 0 bridgehead atoms. The van der Waals surface area contributed by atoms with Crippen molar-refractivity contribution in [2.24, 2.45) is 0 Å². The molecule has 0 aliphatic carbocycles. The van der Waals surface area contributed by atoms with Gasteiger partial charge in [-0.25, -0.2) is 9.78 Å². The van der Waals surface area contributed by atoms with Gasteiger partial charge in [-0.05, 0) is 34.5 Å². The minimum Gasteiger partial charge on any atom is -0.290 e. The number of rotatable bonds is 2. The minimum atomic E-state index is -0.142. The van der Waals surface area contributed by atoms with Crippen molar-refractivity contribution in [3.05, 3.63) is 63.1 Å². The van der Waals surface area contributed by atoms with E-state index in [9.17, 15) is 4.79 Å². The fraction of sp³-hybridized carbons (Fsp3) is 0.143. The molecule has 0 amide bonds. The van der Waals surface area contributed by atoms with Crippen LogP contribution in [-0.2, 0) is 0 Å². The monoisotopic (exact) mass is 317 g/mol. The quantitative estimate of drug-likeness (QED) is 0.789. The van der Waals surface area contributed by atoms with E-state index < -0.39 is 0 Å². The van der Waals surface area contributed by atoms with Crippen molar-refractivity contribution in [3.8, 4) is 0 Å². The van der Waals surface area contributed by atoms with E-state index in [1.54, 1.807) is 10.8 Å². The zero-order valence-corrected chi connectivity index (χ0v) is 11.9. The first-order valence-electron chi connectivity index (χ1n) is 5.97. The number of fused-ring (bicyclic) bond motifs is 1. The van der Waals surface area contributed by atoms with Crippen LogP contribution in [0.15, 0.2) is 51.9 Å². The molecule has 0 saturated heterocycles. The summed E-state index contributed by atoms with van der Waals surface area (Å²) >= 11 is 3.39. The number of H-pyrrole nitrogens is 1. The molecule has 1 atom stereocenters. The van der Waals surface area contributed by atoms with Crippen molar-refractivity contribution in [2.45, 2.75) is 13.0 Å². The van der Waals surface area contributed by atoms with Crippen molar-refractivity contribution in [3.63, 3.8) is 0 Å². The van der Waals surface area contributed by atoms with Gasteiger partial charge in [-0.15, -0.1) is 0 Å². The van der Waals surface area contributed by atoms with Gasteiger partial charge in [0.1, 0.15) is 0 Å². The summed E-state index contributed by atoms with van der Waals surface area (Å²) < 4.78 is 2.58. The molecule has 1 aromatic carbocycles. The summed E-state index contributed by atoms with van der Waals surface area (Å²) in [7, 11) is 0. The Labute approximate surface area is 118 Å². The molecular formula is C14H12BrN3O. The van der Waals surface area contributed by atoms with Crippen LogP contribution >= 0.6 is 15.9 Å². The van der Waals surface area contributed by atoms with E-state index in [0.29, 0.717) is 5.65 Å². The fourth-order valence-electron chi connectivity index (χ4n) is 2.24. The second kappa shape index (κ2) is 4.66. The van der Waals surface area contributed by atoms with Crippen molar-refractivity contribution >= 4 is 27.1 Å². The van der Waals surface area contributed by atoms with Gasteiger partial charge in [0.05, 0.1) is 11.6 Å². The van der Waals surface area contributed by atoms with Gasteiger partial charge < -0.3 is 0 Å². The van der Waals surface area contributed by atoms with E-state index in [4.69, 9.17) is 0 Å². The van der Waals surface area contributed by atoms with Crippen LogP contribution in [0, 0.1) is 0 Å². The maximum atomic E-state index is 12.1. The molecule has 0 saturated carbocycles. The van der Waals surface area contributed by atoms with Crippen molar-refractivity contribution in [1.82, 2.24) is 14.5 Å². The Bertz CT molecular complexity index is 776. The standard InChI is InChI=1S/C14H12BrN3O/c1-9(10-5-3-2-4-6-10)18-12-7-11(15)8-16-13(12)17-14(18)19/h2-9H,1H3,(H,16,17,19). The number of nitrogens with zero attached hydrogens (tertiary/aromatic N) is 2. The largest absolute Gasteiger partial charge is 0.328 e. The van der Waals surface area contributed by atoms with Gasteiger partial charge in [-0.3, -0.25) is 9.55 Å². The highest BCUT2D eigenvalue weighted by molar-refractivity contribution is 9.10. The number of halogens is 1. The molecule has 0 spiro atoms. The minimum absolute atomic E-state index is 0.0430. The number of nitrogens with one attached hydrogen (secondary N) is 1. The van der Waals surface area contributed by atoms with Gasteiger partial charge in [-0.1, -0.05) is 30.3 Å². The predicted octanol–water partition coefficient (Wildman–Crippen LogP) is 3.10. The summed E-state index contributed by atoms with van der Waals surface area (Å²) in [6.07, 6.45) is 1.68. The number of benzene rings is 1. The zero-order valence-electron chi connectivity index (χ0n) is 10.3. The summed E-state index contributed by atoms with van der Waals surface area (Å²) in [4.78, 5) is 19.1. The van der Waals surface area contributed by atoms with Gasteiger partial charge in [-0.2, -0.15) is 0 Å². The molecule has 1 unspecified atom stereocenters. The topological polar surface area (TPSA) is 50.7 Å². The van der Waals surface area contributed by atoms with E-state index in [-0.39, 0.29) is 11.7 Å². The molecular weight excluding hydrogens is 306 g/mol. The number of pyridine rings is 1. The highest BCUT2D eigenvalue weighted by atomic mass is 79.9. The number of imidazole rings is 1. The van der Waals surface area contributed by atoms with E-state index in [2.05, 4.69) is 25.9 Å². The summed E-state index contributed by atoms with van der Waals surface area (Å²) in [5, 5.41) is 0. The zero-order chi connectivity index (χ0) is 13.4. The van der Waals surface area contributed by atoms with Crippen LogP contribution in [0.3, 0.4) is 0 Å². The van der Waals surface area contributed by atoms with Crippen LogP contribution in [-0.4, -0.2) is 14.5 Å². The molecule has 0 aliphatic heterocycles. The van der Waals surface area contributed by atoms with Gasteiger partial charge in [0.15, 0.2) is 5.65 Å². The molecule has 3 rings (SSSR count). The molecule has 96 valence electrons. The molecule has 0 radical (unpaired) electrons. The van der Waals surface area contributed by atoms with Gasteiger partial charge >= 0.3 is 5.69 Å². The van der Waals surface area contributed by atoms with Crippen LogP contribution in [0.25, 0.3) is 11.2 Å². The van der Waals surface area contributed by atoms with E-state index in [1.807, 2.05) is 43.3 Å². The van der Waals surface area contributed by atoms with Crippen LogP contribution < -0.4 is 5.69 Å². The second-order valence-electron chi connectivity index (χ2n) is 4.41. The lowest BCUT2D eigenvalue weighted by Gasteiger charge is -2.13. The van der Waals surface area contributed by atoms with Crippen LogP contribution in [0.4, 0.5) is 0 Å². The average Bonchev–Trinajstić information content (AvgIpc) is 2.74. The summed E-state index contributed by atoms with van der Waals surface area (Å²) in [5.74, 6) is 0. The Morgan fingerprint density at radius 1 is 1.32 bits per heavy atom. The van der Waals surface area contributed by atoms with Crippen LogP contribution in [0.1, 0.15) is 18.5 Å². The SMILES string of the molecule is CC(c1ccccc1)n1c(=O)[nH]c2ncc(Br)cc21. The first-order valence-corrected chi connectivity index (χ1v) is 6.77. The van der Waals surface area contributed by atoms with E-state index in [1.165, 1.54) is 0 Å². The number of hydrogen-bond acceptors (Lipinski definition) is 2. The predicted molar refractivity (Wildman–Crippen MR) is 78.3 cm³/mol.